The van der Waals surface area contributed by atoms with Crippen LogP contribution >= 0.6 is 0 Å². The van der Waals surface area contributed by atoms with E-state index >= 15 is 0 Å². The summed E-state index contributed by atoms with van der Waals surface area (Å²) in [6.45, 7) is 0. The Balaban J connectivity index is 1.67. The highest BCUT2D eigenvalue weighted by Gasteiger charge is 2.04. The summed E-state index contributed by atoms with van der Waals surface area (Å²) in [6, 6.07) is 19.2. The third-order valence-electron chi connectivity index (χ3n) is 3.11. The maximum absolute atomic E-state index is 5.17. The molecule has 22 heavy (non-hydrogen) atoms. The molecule has 0 radical (unpaired) electrons. The van der Waals surface area contributed by atoms with Crippen molar-refractivity contribution in [3.63, 3.8) is 0 Å². The van der Waals surface area contributed by atoms with Crippen LogP contribution in [-0.4, -0.2) is 12.3 Å². The van der Waals surface area contributed by atoms with Crippen LogP contribution in [-0.2, 0) is 6.42 Å². The number of hydrogen-bond acceptors (Lipinski definition) is 5. The summed E-state index contributed by atoms with van der Waals surface area (Å²) in [6.07, 6.45) is 0.711. The van der Waals surface area contributed by atoms with Gasteiger partial charge in [-0.25, -0.2) is 0 Å². The van der Waals surface area contributed by atoms with Crippen molar-refractivity contribution in [1.82, 2.24) is 5.16 Å². The van der Waals surface area contributed by atoms with E-state index in [-0.39, 0.29) is 0 Å². The van der Waals surface area contributed by atoms with Crippen molar-refractivity contribution < 1.29 is 9.26 Å². The second-order valence-electron chi connectivity index (χ2n) is 4.72. The Morgan fingerprint density at radius 3 is 2.50 bits per heavy atom. The Kier molecular flexibility index (Phi) is 4.25. The van der Waals surface area contributed by atoms with Crippen LogP contribution in [0.4, 0.5) is 11.6 Å². The molecule has 3 aromatic rings. The first-order chi connectivity index (χ1) is 10.8. The van der Waals surface area contributed by atoms with Gasteiger partial charge in [0.05, 0.1) is 18.5 Å². The molecule has 0 saturated heterocycles. The molecule has 2 aromatic carbocycles. The normalized spacial score (nSPS) is 11.0. The lowest BCUT2D eigenvalue weighted by Crippen LogP contribution is -1.86. The van der Waals surface area contributed by atoms with E-state index in [0.29, 0.717) is 12.3 Å². The van der Waals surface area contributed by atoms with Crippen LogP contribution in [0.25, 0.3) is 0 Å². The van der Waals surface area contributed by atoms with E-state index in [0.717, 1.165) is 17.1 Å². The first-order valence-corrected chi connectivity index (χ1v) is 6.89. The van der Waals surface area contributed by atoms with Crippen molar-refractivity contribution in [2.75, 3.05) is 7.11 Å². The lowest BCUT2D eigenvalue weighted by atomic mass is 10.1. The van der Waals surface area contributed by atoms with Crippen LogP contribution in [0.2, 0.25) is 0 Å². The van der Waals surface area contributed by atoms with Crippen molar-refractivity contribution in [2.45, 2.75) is 6.42 Å². The van der Waals surface area contributed by atoms with Gasteiger partial charge in [0.1, 0.15) is 5.75 Å². The molecule has 0 aliphatic rings. The smallest absolute Gasteiger partial charge is 0.269 e. The van der Waals surface area contributed by atoms with E-state index in [9.17, 15) is 0 Å². The molecule has 5 nitrogen and oxygen atoms in total. The monoisotopic (exact) mass is 293 g/mol. The maximum atomic E-state index is 5.17. The largest absolute Gasteiger partial charge is 0.497 e. The Morgan fingerprint density at radius 1 is 1.00 bits per heavy atom. The third-order valence-corrected chi connectivity index (χ3v) is 3.11. The fourth-order valence-corrected chi connectivity index (χ4v) is 1.99. The average molecular weight is 293 g/mol. The third kappa shape index (κ3) is 3.58. The van der Waals surface area contributed by atoms with E-state index in [2.05, 4.69) is 15.4 Å². The Labute approximate surface area is 128 Å². The number of hydrogen-bond donors (Lipinski definition) is 0. The molecular weight excluding hydrogens is 278 g/mol. The summed E-state index contributed by atoms with van der Waals surface area (Å²) in [5, 5.41) is 12.2. The van der Waals surface area contributed by atoms with Gasteiger partial charge >= 0.3 is 0 Å². The summed E-state index contributed by atoms with van der Waals surface area (Å²) in [4.78, 5) is 0. The number of ether oxygens (including phenoxy) is 1. The van der Waals surface area contributed by atoms with Gasteiger partial charge in [0.25, 0.3) is 5.88 Å². The summed E-state index contributed by atoms with van der Waals surface area (Å²) in [7, 11) is 1.62. The quantitative estimate of drug-likeness (QED) is 0.641. The van der Waals surface area contributed by atoms with E-state index in [4.69, 9.17) is 9.26 Å². The number of rotatable bonds is 5. The molecule has 0 amide bonds. The fraction of sp³-hybridized carbons (Fsp3) is 0.118. The van der Waals surface area contributed by atoms with E-state index in [1.807, 2.05) is 54.6 Å². The molecule has 0 saturated carbocycles. The van der Waals surface area contributed by atoms with Crippen molar-refractivity contribution in [3.05, 3.63) is 71.9 Å². The van der Waals surface area contributed by atoms with Crippen LogP contribution in [0.5, 0.6) is 5.75 Å². The predicted octanol–water partition coefficient (Wildman–Crippen LogP) is 4.69. The molecule has 0 atom stereocenters. The first kappa shape index (κ1) is 14.0. The van der Waals surface area contributed by atoms with Gasteiger partial charge in [-0.1, -0.05) is 35.5 Å². The van der Waals surface area contributed by atoms with Crippen molar-refractivity contribution in [3.8, 4) is 5.75 Å². The number of nitrogens with zero attached hydrogens (tertiary/aromatic N) is 3. The molecule has 0 N–H and O–H groups in total. The van der Waals surface area contributed by atoms with Gasteiger partial charge in [-0.2, -0.15) is 0 Å². The molecule has 0 aliphatic heterocycles. The standard InChI is InChI=1S/C17H15N3O2/c1-21-16-9-7-14(8-10-16)18-19-17-12-15(20-22-17)11-13-5-3-2-4-6-13/h2-10,12H,11H2,1H3. The molecule has 5 heteroatoms. The summed E-state index contributed by atoms with van der Waals surface area (Å²) >= 11 is 0. The second-order valence-corrected chi connectivity index (χ2v) is 4.72. The molecule has 0 aliphatic carbocycles. The minimum absolute atomic E-state index is 0.391. The number of aromatic nitrogens is 1. The van der Waals surface area contributed by atoms with Crippen molar-refractivity contribution >= 4 is 11.6 Å². The van der Waals surface area contributed by atoms with E-state index in [1.165, 1.54) is 5.56 Å². The Morgan fingerprint density at radius 2 is 1.77 bits per heavy atom. The lowest BCUT2D eigenvalue weighted by Gasteiger charge is -1.97. The summed E-state index contributed by atoms with van der Waals surface area (Å²) in [5.41, 5.74) is 2.73. The van der Waals surface area contributed by atoms with Crippen molar-refractivity contribution in [1.29, 1.82) is 0 Å². The first-order valence-electron chi connectivity index (χ1n) is 6.89. The highest BCUT2D eigenvalue weighted by atomic mass is 16.5. The van der Waals surface area contributed by atoms with Crippen LogP contribution in [0.1, 0.15) is 11.3 Å². The van der Waals surface area contributed by atoms with Crippen molar-refractivity contribution in [2.24, 2.45) is 10.2 Å². The lowest BCUT2D eigenvalue weighted by molar-refractivity contribution is 0.415. The highest BCUT2D eigenvalue weighted by molar-refractivity contribution is 5.41. The molecule has 3 rings (SSSR count). The minimum atomic E-state index is 0.391. The average Bonchev–Trinajstić information content (AvgIpc) is 3.02. The molecule has 110 valence electrons. The van der Waals surface area contributed by atoms with Crippen LogP contribution in [0, 0.1) is 0 Å². The molecule has 0 unspecified atom stereocenters. The topological polar surface area (TPSA) is 60.0 Å². The van der Waals surface area contributed by atoms with E-state index in [1.54, 1.807) is 13.2 Å². The van der Waals surface area contributed by atoms with Gasteiger partial charge in [-0.05, 0) is 29.8 Å². The van der Waals surface area contributed by atoms with Gasteiger partial charge in [0.15, 0.2) is 0 Å². The van der Waals surface area contributed by atoms with Gasteiger partial charge in [0.2, 0.25) is 0 Å². The fourth-order valence-electron chi connectivity index (χ4n) is 1.99. The number of methoxy groups -OCH3 is 1. The van der Waals surface area contributed by atoms with E-state index < -0.39 is 0 Å². The van der Waals surface area contributed by atoms with Crippen LogP contribution in [0.3, 0.4) is 0 Å². The zero-order valence-corrected chi connectivity index (χ0v) is 12.1. The summed E-state index contributed by atoms with van der Waals surface area (Å²) in [5.74, 6) is 1.17. The molecular formula is C17H15N3O2. The Hall–Kier alpha value is -2.95. The van der Waals surface area contributed by atoms with Gasteiger partial charge < -0.3 is 9.26 Å². The highest BCUT2D eigenvalue weighted by Crippen LogP contribution is 2.22. The van der Waals surface area contributed by atoms with Gasteiger partial charge in [0, 0.05) is 12.5 Å². The zero-order valence-electron chi connectivity index (χ0n) is 12.1. The molecule has 0 fully saturated rings. The number of azo groups is 1. The molecule has 0 bridgehead atoms. The van der Waals surface area contributed by atoms with Gasteiger partial charge in [-0.3, -0.25) is 0 Å². The minimum Gasteiger partial charge on any atom is -0.497 e. The SMILES string of the molecule is COc1ccc(N=Nc2cc(Cc3ccccc3)no2)cc1. The van der Waals surface area contributed by atoms with Crippen LogP contribution in [0.15, 0.2) is 75.4 Å². The molecule has 1 heterocycles. The predicted molar refractivity (Wildman–Crippen MR) is 82.9 cm³/mol. The maximum Gasteiger partial charge on any atom is 0.269 e. The molecule has 0 spiro atoms. The zero-order chi connectivity index (χ0) is 15.2. The summed E-state index contributed by atoms with van der Waals surface area (Å²) < 4.78 is 10.3. The molecule has 1 aromatic heterocycles. The van der Waals surface area contributed by atoms with Crippen LogP contribution < -0.4 is 4.74 Å². The number of benzene rings is 2. The van der Waals surface area contributed by atoms with Gasteiger partial charge in [-0.15, -0.1) is 10.2 Å². The Bertz CT molecular complexity index is 749. The second kappa shape index (κ2) is 6.67.